The van der Waals surface area contributed by atoms with E-state index in [2.05, 4.69) is 81.6 Å². The van der Waals surface area contributed by atoms with Crippen LogP contribution in [0.4, 0.5) is 5.69 Å². The molecule has 1 atom stereocenters. The summed E-state index contributed by atoms with van der Waals surface area (Å²) >= 11 is 0. The van der Waals surface area contributed by atoms with E-state index in [9.17, 15) is 4.79 Å². The topological polar surface area (TPSA) is 41.4 Å². The molecule has 2 heterocycles. The van der Waals surface area contributed by atoms with Gasteiger partial charge in [-0.2, -0.15) is 5.10 Å². The van der Waals surface area contributed by atoms with E-state index in [1.54, 1.807) is 0 Å². The molecule has 1 aromatic heterocycles. The number of carbonyl (C=O) groups excluding carboxylic acids is 1. The lowest BCUT2D eigenvalue weighted by atomic mass is 9.96. The molecule has 0 aliphatic carbocycles. The van der Waals surface area contributed by atoms with E-state index in [4.69, 9.17) is 0 Å². The van der Waals surface area contributed by atoms with Crippen molar-refractivity contribution >= 4 is 22.7 Å². The number of para-hydroxylation sites is 1. The number of piperazine rings is 1. The molecule has 0 amide bonds. The Morgan fingerprint density at radius 3 is 2.28 bits per heavy atom. The van der Waals surface area contributed by atoms with Crippen molar-refractivity contribution in [3.8, 4) is 11.1 Å². The number of rotatable bonds is 5. The lowest BCUT2D eigenvalue weighted by Gasteiger charge is -2.39. The van der Waals surface area contributed by atoms with Gasteiger partial charge in [0, 0.05) is 43.1 Å². The van der Waals surface area contributed by atoms with E-state index < -0.39 is 0 Å². The first-order valence-electron chi connectivity index (χ1n) is 11.2. The van der Waals surface area contributed by atoms with Gasteiger partial charge >= 0.3 is 0 Å². The summed E-state index contributed by atoms with van der Waals surface area (Å²) in [6, 6.07) is 25.7. The fraction of sp³-hybridized carbons (Fsp3) is 0.259. The van der Waals surface area contributed by atoms with Crippen LogP contribution >= 0.6 is 0 Å². The Bertz CT molecular complexity index is 1250. The molecular weight excluding hydrogens is 396 g/mol. The zero-order valence-electron chi connectivity index (χ0n) is 18.6. The highest BCUT2D eigenvalue weighted by Gasteiger charge is 2.27. The van der Waals surface area contributed by atoms with E-state index in [1.807, 2.05) is 24.6 Å². The van der Waals surface area contributed by atoms with Gasteiger partial charge in [0.25, 0.3) is 0 Å². The van der Waals surface area contributed by atoms with Crippen LogP contribution in [0.5, 0.6) is 0 Å². The minimum atomic E-state index is -0.348. The van der Waals surface area contributed by atoms with Crippen molar-refractivity contribution in [2.24, 2.45) is 0 Å². The number of aromatic nitrogens is 2. The number of benzene rings is 3. The van der Waals surface area contributed by atoms with Crippen molar-refractivity contribution in [1.29, 1.82) is 0 Å². The maximum atomic E-state index is 12.0. The van der Waals surface area contributed by atoms with Crippen LogP contribution in [0.2, 0.25) is 0 Å². The van der Waals surface area contributed by atoms with Crippen LogP contribution in [-0.4, -0.2) is 47.1 Å². The second-order valence-corrected chi connectivity index (χ2v) is 8.49. The van der Waals surface area contributed by atoms with Gasteiger partial charge in [0.2, 0.25) is 0 Å². The number of anilines is 1. The summed E-state index contributed by atoms with van der Waals surface area (Å²) in [5.74, 6) is 0. The maximum absolute atomic E-state index is 12.0. The molecule has 5 heteroatoms. The van der Waals surface area contributed by atoms with E-state index in [0.29, 0.717) is 0 Å². The number of hydrogen-bond acceptors (Lipinski definition) is 4. The van der Waals surface area contributed by atoms with E-state index >= 15 is 0 Å². The molecule has 1 aliphatic rings. The minimum absolute atomic E-state index is 0.348. The van der Waals surface area contributed by atoms with Crippen molar-refractivity contribution in [2.75, 3.05) is 31.1 Å². The average molecular weight is 425 g/mol. The summed E-state index contributed by atoms with van der Waals surface area (Å²) in [6.45, 7) is 7.33. The summed E-state index contributed by atoms with van der Waals surface area (Å²) in [6.07, 6.45) is 0.665. The summed E-state index contributed by atoms with van der Waals surface area (Å²) in [7, 11) is 0. The fourth-order valence-corrected chi connectivity index (χ4v) is 4.88. The monoisotopic (exact) mass is 424 g/mol. The van der Waals surface area contributed by atoms with Crippen LogP contribution in [0.25, 0.3) is 21.9 Å². The van der Waals surface area contributed by atoms with Crippen LogP contribution in [0.15, 0.2) is 72.8 Å². The number of carbonyl (C=O) groups is 1. The van der Waals surface area contributed by atoms with Gasteiger partial charge in [-0.25, -0.2) is 4.68 Å². The number of aryl methyl sites for hydroxylation is 2. The standard InChI is InChI=1S/C27H28N4O/c1-20-18-21(2)31(28-20)27(19-32)30-16-14-29(15-17-30)26-13-6-5-11-25(26)24-12-7-9-22-8-3-4-10-23(22)24/h3-13,18-19,27H,14-17H2,1-2H3. The molecule has 5 rings (SSSR count). The second kappa shape index (κ2) is 8.60. The predicted octanol–water partition coefficient (Wildman–Crippen LogP) is 4.84. The van der Waals surface area contributed by atoms with Crippen LogP contribution in [0.1, 0.15) is 17.6 Å². The molecule has 3 aromatic carbocycles. The van der Waals surface area contributed by atoms with Gasteiger partial charge in [-0.05, 0) is 42.3 Å². The number of nitrogens with zero attached hydrogens (tertiary/aromatic N) is 4. The quantitative estimate of drug-likeness (QED) is 0.430. The second-order valence-electron chi connectivity index (χ2n) is 8.49. The molecule has 1 aliphatic heterocycles. The van der Waals surface area contributed by atoms with Crippen LogP contribution in [0, 0.1) is 13.8 Å². The number of fused-ring (bicyclic) bond motifs is 1. The molecule has 1 fully saturated rings. The molecule has 0 spiro atoms. The Labute approximate surface area is 188 Å². The zero-order chi connectivity index (χ0) is 22.1. The zero-order valence-corrected chi connectivity index (χ0v) is 18.6. The number of aldehydes is 1. The van der Waals surface area contributed by atoms with Crippen molar-refractivity contribution in [2.45, 2.75) is 20.0 Å². The molecule has 162 valence electrons. The maximum Gasteiger partial charge on any atom is 0.160 e. The Kier molecular flexibility index (Phi) is 5.50. The summed E-state index contributed by atoms with van der Waals surface area (Å²) < 4.78 is 1.85. The summed E-state index contributed by atoms with van der Waals surface area (Å²) in [4.78, 5) is 16.6. The molecular formula is C27H28N4O. The largest absolute Gasteiger partial charge is 0.368 e. The molecule has 4 aromatic rings. The lowest BCUT2D eigenvalue weighted by Crippen LogP contribution is -2.49. The molecule has 0 radical (unpaired) electrons. The van der Waals surface area contributed by atoms with Gasteiger partial charge < -0.3 is 4.90 Å². The Morgan fingerprint density at radius 2 is 1.53 bits per heavy atom. The van der Waals surface area contributed by atoms with Gasteiger partial charge in [-0.15, -0.1) is 0 Å². The Balaban J connectivity index is 1.41. The summed E-state index contributed by atoms with van der Waals surface area (Å²) in [5, 5.41) is 7.07. The van der Waals surface area contributed by atoms with Gasteiger partial charge in [-0.3, -0.25) is 9.69 Å². The fourth-order valence-electron chi connectivity index (χ4n) is 4.88. The van der Waals surface area contributed by atoms with Crippen LogP contribution in [-0.2, 0) is 4.79 Å². The highest BCUT2D eigenvalue weighted by Crippen LogP contribution is 2.36. The van der Waals surface area contributed by atoms with E-state index in [1.165, 1.54) is 27.6 Å². The molecule has 0 N–H and O–H groups in total. The Morgan fingerprint density at radius 1 is 0.844 bits per heavy atom. The van der Waals surface area contributed by atoms with Crippen molar-refractivity contribution in [1.82, 2.24) is 14.7 Å². The molecule has 0 bridgehead atoms. The lowest BCUT2D eigenvalue weighted by molar-refractivity contribution is -0.116. The first kappa shape index (κ1) is 20.5. The van der Waals surface area contributed by atoms with Crippen molar-refractivity contribution in [3.05, 3.63) is 84.2 Å². The first-order valence-corrected chi connectivity index (χ1v) is 11.2. The van der Waals surface area contributed by atoms with Gasteiger partial charge in [-0.1, -0.05) is 60.7 Å². The molecule has 1 saturated heterocycles. The average Bonchev–Trinajstić information content (AvgIpc) is 3.17. The van der Waals surface area contributed by atoms with E-state index in [0.717, 1.165) is 43.9 Å². The molecule has 0 saturated carbocycles. The van der Waals surface area contributed by atoms with Crippen LogP contribution in [0.3, 0.4) is 0 Å². The Hall–Kier alpha value is -3.44. The third-order valence-corrected chi connectivity index (χ3v) is 6.43. The van der Waals surface area contributed by atoms with E-state index in [-0.39, 0.29) is 6.17 Å². The van der Waals surface area contributed by atoms with Gasteiger partial charge in [0.1, 0.15) is 0 Å². The van der Waals surface area contributed by atoms with Crippen molar-refractivity contribution in [3.63, 3.8) is 0 Å². The predicted molar refractivity (Wildman–Crippen MR) is 130 cm³/mol. The minimum Gasteiger partial charge on any atom is -0.368 e. The highest BCUT2D eigenvalue weighted by molar-refractivity contribution is 5.99. The summed E-state index contributed by atoms with van der Waals surface area (Å²) in [5.41, 5.74) is 5.72. The third-order valence-electron chi connectivity index (χ3n) is 6.43. The number of hydrogen-bond donors (Lipinski definition) is 0. The highest BCUT2D eigenvalue weighted by atomic mass is 16.1. The smallest absolute Gasteiger partial charge is 0.160 e. The normalized spacial score (nSPS) is 15.8. The van der Waals surface area contributed by atoms with Gasteiger partial charge in [0.05, 0.1) is 5.69 Å². The third kappa shape index (κ3) is 3.69. The van der Waals surface area contributed by atoms with Gasteiger partial charge in [0.15, 0.2) is 12.5 Å². The molecule has 32 heavy (non-hydrogen) atoms. The SMILES string of the molecule is Cc1cc(C)n(C(C=O)N2CCN(c3ccccc3-c3cccc4ccccc34)CC2)n1. The first-order chi connectivity index (χ1) is 15.7. The molecule has 1 unspecified atom stereocenters. The van der Waals surface area contributed by atoms with Crippen molar-refractivity contribution < 1.29 is 4.79 Å². The molecule has 5 nitrogen and oxygen atoms in total. The van der Waals surface area contributed by atoms with Crippen LogP contribution < -0.4 is 4.90 Å².